The SMILES string of the molecule is Cc1cc(O)c(C(=O)Nc2ccc3c(c2)OCO3)c(=O)o1. The molecule has 0 unspecified atom stereocenters. The van der Waals surface area contributed by atoms with Crippen molar-refractivity contribution in [1.29, 1.82) is 0 Å². The van der Waals surface area contributed by atoms with Crippen molar-refractivity contribution in [3.8, 4) is 17.2 Å². The first-order chi connectivity index (χ1) is 10.0. The minimum Gasteiger partial charge on any atom is -0.507 e. The third-order valence-electron chi connectivity index (χ3n) is 2.91. The minimum absolute atomic E-state index is 0.120. The molecular weight excluding hydrogens is 278 g/mol. The normalized spacial score (nSPS) is 12.2. The van der Waals surface area contributed by atoms with Crippen LogP contribution in [0.3, 0.4) is 0 Å². The predicted octanol–water partition coefficient (Wildman–Crippen LogP) is 1.63. The number of aryl methyl sites for hydroxylation is 1. The number of anilines is 1. The monoisotopic (exact) mass is 289 g/mol. The van der Waals surface area contributed by atoms with E-state index >= 15 is 0 Å². The second-order valence-corrected chi connectivity index (χ2v) is 4.43. The van der Waals surface area contributed by atoms with Crippen LogP contribution in [0.5, 0.6) is 17.2 Å². The first kappa shape index (κ1) is 13.0. The van der Waals surface area contributed by atoms with Gasteiger partial charge in [0.1, 0.15) is 11.5 Å². The fourth-order valence-electron chi connectivity index (χ4n) is 1.97. The molecule has 21 heavy (non-hydrogen) atoms. The Balaban J connectivity index is 1.89. The Bertz CT molecular complexity index is 780. The standard InChI is InChI=1S/C14H11NO6/c1-7-4-9(16)12(14(18)21-7)13(17)15-8-2-3-10-11(5-8)20-6-19-10/h2-5,16H,6H2,1H3,(H,15,17). The van der Waals surface area contributed by atoms with Gasteiger partial charge in [0, 0.05) is 17.8 Å². The molecule has 1 amide bonds. The molecule has 2 aromatic rings. The quantitative estimate of drug-likeness (QED) is 0.872. The summed E-state index contributed by atoms with van der Waals surface area (Å²) in [5.41, 5.74) is -0.937. The number of ether oxygens (including phenoxy) is 2. The molecule has 0 spiro atoms. The highest BCUT2D eigenvalue weighted by Crippen LogP contribution is 2.34. The van der Waals surface area contributed by atoms with Crippen molar-refractivity contribution in [1.82, 2.24) is 0 Å². The summed E-state index contributed by atoms with van der Waals surface area (Å²) in [6.45, 7) is 1.62. The predicted molar refractivity (Wildman–Crippen MR) is 71.9 cm³/mol. The van der Waals surface area contributed by atoms with E-state index in [1.165, 1.54) is 13.0 Å². The van der Waals surface area contributed by atoms with Crippen molar-refractivity contribution in [2.24, 2.45) is 0 Å². The molecule has 1 aliphatic rings. The van der Waals surface area contributed by atoms with Crippen molar-refractivity contribution < 1.29 is 23.8 Å². The van der Waals surface area contributed by atoms with Crippen molar-refractivity contribution in [2.75, 3.05) is 12.1 Å². The van der Waals surface area contributed by atoms with Gasteiger partial charge in [-0.25, -0.2) is 4.79 Å². The van der Waals surface area contributed by atoms with Gasteiger partial charge in [-0.15, -0.1) is 0 Å². The Labute approximate surface area is 118 Å². The molecule has 1 aromatic carbocycles. The number of nitrogens with one attached hydrogen (secondary N) is 1. The zero-order chi connectivity index (χ0) is 15.0. The van der Waals surface area contributed by atoms with Crippen molar-refractivity contribution in [3.05, 3.63) is 46.0 Å². The number of benzene rings is 1. The van der Waals surface area contributed by atoms with Gasteiger partial charge in [0.2, 0.25) is 6.79 Å². The second kappa shape index (κ2) is 4.86. The zero-order valence-electron chi connectivity index (χ0n) is 11.0. The van der Waals surface area contributed by atoms with Crippen LogP contribution in [0, 0.1) is 6.92 Å². The summed E-state index contributed by atoms with van der Waals surface area (Å²) in [4.78, 5) is 23.7. The average molecular weight is 289 g/mol. The fourth-order valence-corrected chi connectivity index (χ4v) is 1.97. The number of hydrogen-bond acceptors (Lipinski definition) is 6. The van der Waals surface area contributed by atoms with E-state index in [9.17, 15) is 14.7 Å². The van der Waals surface area contributed by atoms with Crippen LogP contribution < -0.4 is 20.4 Å². The molecule has 1 aromatic heterocycles. The number of carbonyl (C=O) groups is 1. The second-order valence-electron chi connectivity index (χ2n) is 4.43. The maximum Gasteiger partial charge on any atom is 0.352 e. The molecule has 7 nitrogen and oxygen atoms in total. The number of rotatable bonds is 2. The van der Waals surface area contributed by atoms with Crippen LogP contribution >= 0.6 is 0 Å². The van der Waals surface area contributed by atoms with Crippen LogP contribution in [-0.4, -0.2) is 17.8 Å². The molecule has 0 bridgehead atoms. The van der Waals surface area contributed by atoms with E-state index in [1.54, 1.807) is 18.2 Å². The lowest BCUT2D eigenvalue weighted by Gasteiger charge is -2.07. The van der Waals surface area contributed by atoms with Gasteiger partial charge in [-0.05, 0) is 19.1 Å². The van der Waals surface area contributed by atoms with E-state index in [0.29, 0.717) is 17.2 Å². The maximum atomic E-state index is 12.1. The van der Waals surface area contributed by atoms with Gasteiger partial charge in [0.05, 0.1) is 0 Å². The van der Waals surface area contributed by atoms with E-state index in [4.69, 9.17) is 13.9 Å². The van der Waals surface area contributed by atoms with Gasteiger partial charge in [0.25, 0.3) is 5.91 Å². The average Bonchev–Trinajstić information content (AvgIpc) is 2.84. The molecule has 0 saturated heterocycles. The maximum absolute atomic E-state index is 12.1. The van der Waals surface area contributed by atoms with Crippen molar-refractivity contribution in [3.63, 3.8) is 0 Å². The zero-order valence-corrected chi connectivity index (χ0v) is 11.0. The molecule has 1 aliphatic heterocycles. The molecule has 0 radical (unpaired) electrons. The van der Waals surface area contributed by atoms with Crippen LogP contribution in [0.25, 0.3) is 0 Å². The molecule has 7 heteroatoms. The molecule has 2 N–H and O–H groups in total. The van der Waals surface area contributed by atoms with Crippen molar-refractivity contribution in [2.45, 2.75) is 6.92 Å². The Hall–Kier alpha value is -2.96. The summed E-state index contributed by atoms with van der Waals surface area (Å²) in [5, 5.41) is 12.2. The number of aromatic hydroxyl groups is 1. The number of amides is 1. The van der Waals surface area contributed by atoms with Gasteiger partial charge in [0.15, 0.2) is 17.1 Å². The number of carbonyl (C=O) groups excluding carboxylic acids is 1. The van der Waals surface area contributed by atoms with Crippen LogP contribution in [-0.2, 0) is 0 Å². The summed E-state index contributed by atoms with van der Waals surface area (Å²) in [6, 6.07) is 6.00. The summed E-state index contributed by atoms with van der Waals surface area (Å²) in [6.07, 6.45) is 0. The van der Waals surface area contributed by atoms with E-state index in [0.717, 1.165) is 0 Å². The third kappa shape index (κ3) is 2.40. The van der Waals surface area contributed by atoms with E-state index in [-0.39, 0.29) is 12.6 Å². The molecule has 0 saturated carbocycles. The first-order valence-corrected chi connectivity index (χ1v) is 6.09. The summed E-state index contributed by atoms with van der Waals surface area (Å²) in [7, 11) is 0. The highest BCUT2D eigenvalue weighted by molar-refractivity contribution is 6.05. The topological polar surface area (TPSA) is 98.0 Å². The number of fused-ring (bicyclic) bond motifs is 1. The Kier molecular flexibility index (Phi) is 3.02. The molecule has 108 valence electrons. The van der Waals surface area contributed by atoms with Gasteiger partial charge in [-0.3, -0.25) is 4.79 Å². The molecule has 0 atom stereocenters. The van der Waals surface area contributed by atoms with E-state index < -0.39 is 22.8 Å². The number of hydrogen-bond donors (Lipinski definition) is 2. The van der Waals surface area contributed by atoms with Crippen LogP contribution in [0.2, 0.25) is 0 Å². The van der Waals surface area contributed by atoms with Gasteiger partial charge >= 0.3 is 5.63 Å². The Morgan fingerprint density at radius 2 is 2.00 bits per heavy atom. The summed E-state index contributed by atoms with van der Waals surface area (Å²) in [5.74, 6) is 0.0953. The van der Waals surface area contributed by atoms with Crippen LogP contribution in [0.15, 0.2) is 33.5 Å². The lowest BCUT2D eigenvalue weighted by atomic mass is 10.2. The van der Waals surface area contributed by atoms with Crippen LogP contribution in [0.4, 0.5) is 5.69 Å². The smallest absolute Gasteiger partial charge is 0.352 e. The summed E-state index contributed by atoms with van der Waals surface area (Å²) < 4.78 is 15.1. The molecule has 0 fully saturated rings. The molecule has 0 aliphatic carbocycles. The minimum atomic E-state index is -0.897. The Morgan fingerprint density at radius 3 is 2.76 bits per heavy atom. The molecular formula is C14H11NO6. The molecule has 2 heterocycles. The highest BCUT2D eigenvalue weighted by Gasteiger charge is 2.20. The van der Waals surface area contributed by atoms with Crippen LogP contribution in [0.1, 0.15) is 16.1 Å². The van der Waals surface area contributed by atoms with Crippen molar-refractivity contribution >= 4 is 11.6 Å². The summed E-state index contributed by atoms with van der Waals surface area (Å²) >= 11 is 0. The van der Waals surface area contributed by atoms with Gasteiger partial charge in [-0.2, -0.15) is 0 Å². The first-order valence-electron chi connectivity index (χ1n) is 6.09. The Morgan fingerprint density at radius 1 is 1.24 bits per heavy atom. The van der Waals surface area contributed by atoms with E-state index in [2.05, 4.69) is 5.32 Å². The van der Waals surface area contributed by atoms with E-state index in [1.807, 2.05) is 0 Å². The highest BCUT2D eigenvalue weighted by atomic mass is 16.7. The van der Waals surface area contributed by atoms with Gasteiger partial charge < -0.3 is 24.3 Å². The fraction of sp³-hybridized carbons (Fsp3) is 0.143. The lowest BCUT2D eigenvalue weighted by molar-refractivity contribution is 0.102. The largest absolute Gasteiger partial charge is 0.507 e. The lowest BCUT2D eigenvalue weighted by Crippen LogP contribution is -2.21. The van der Waals surface area contributed by atoms with Gasteiger partial charge in [-0.1, -0.05) is 0 Å². The third-order valence-corrected chi connectivity index (χ3v) is 2.91. The molecule has 3 rings (SSSR count).